The van der Waals surface area contributed by atoms with Crippen LogP contribution in [0.2, 0.25) is 0 Å². The molecule has 0 spiro atoms. The Morgan fingerprint density at radius 2 is 1.31 bits per heavy atom. The molecule has 2 aromatic carbocycles. The van der Waals surface area contributed by atoms with E-state index in [1.165, 1.54) is 33.1 Å². The lowest BCUT2D eigenvalue weighted by atomic mass is 9.92. The van der Waals surface area contributed by atoms with Crippen LogP contribution in [-0.2, 0) is 87.9 Å². The first-order valence-electron chi connectivity index (χ1n) is 42.3. The number of phenols is 2. The van der Waals surface area contributed by atoms with Crippen LogP contribution in [0.25, 0.3) is 21.8 Å². The van der Waals surface area contributed by atoms with E-state index in [0.29, 0.717) is 0 Å². The highest BCUT2D eigenvalue weighted by Crippen LogP contribution is 2.36. The van der Waals surface area contributed by atoms with Gasteiger partial charge in [0.05, 0.1) is 61.1 Å². The number of piperazine rings is 1. The first-order chi connectivity index (χ1) is 62.7. The minimum atomic E-state index is -2.26. The van der Waals surface area contributed by atoms with Crippen molar-refractivity contribution >= 4 is 147 Å². The number of aliphatic hydroxyl groups is 4. The van der Waals surface area contributed by atoms with Crippen molar-refractivity contribution in [3.63, 3.8) is 0 Å². The smallest absolute Gasteiger partial charge is 0.412 e. The Hall–Kier alpha value is -14.0. The summed E-state index contributed by atoms with van der Waals surface area (Å²) < 4.78 is 28.2. The van der Waals surface area contributed by atoms with E-state index in [1.54, 1.807) is 11.8 Å². The average molecular weight is 1870 g/mol. The summed E-state index contributed by atoms with van der Waals surface area (Å²) >= 11 is 0. The number of aryl methyl sites for hydroxylation is 1. The monoisotopic (exact) mass is 1860 g/mol. The Labute approximate surface area is 751 Å². The zero-order chi connectivity index (χ0) is 97.4. The number of carbonyl (C=O) groups excluding carboxylic acids is 17. The van der Waals surface area contributed by atoms with E-state index in [2.05, 4.69) is 74.4 Å². The number of carboxylic acid groups (broad SMARTS) is 1. The summed E-state index contributed by atoms with van der Waals surface area (Å²) in [6.07, 6.45) is -6.70. The number of aromatic carboxylic acids is 1. The van der Waals surface area contributed by atoms with Gasteiger partial charge in [-0.05, 0) is 110 Å². The van der Waals surface area contributed by atoms with Crippen LogP contribution < -0.4 is 100 Å². The highest BCUT2D eigenvalue weighted by molar-refractivity contribution is 6.02. The summed E-state index contributed by atoms with van der Waals surface area (Å²) in [7, 11) is 0. The number of amides is 15. The number of anilines is 3. The molecular formula is C80H113FN22O29. The second-order valence-electron chi connectivity index (χ2n) is 31.4. The van der Waals surface area contributed by atoms with Gasteiger partial charge >= 0.3 is 12.1 Å². The maximum Gasteiger partial charge on any atom is 0.412 e. The van der Waals surface area contributed by atoms with Gasteiger partial charge in [0, 0.05) is 121 Å². The van der Waals surface area contributed by atoms with E-state index < -0.39 is 248 Å². The fourth-order valence-corrected chi connectivity index (χ4v) is 14.4. The normalized spacial score (nSPS) is 18.2. The number of hydrogen-bond acceptors (Lipinski definition) is 32. The second-order valence-corrected chi connectivity index (χ2v) is 31.4. The summed E-state index contributed by atoms with van der Waals surface area (Å²) in [5, 5.41) is 139. The molecule has 11 atom stereocenters. The van der Waals surface area contributed by atoms with Crippen LogP contribution in [0, 0.1) is 11.2 Å². The minimum absolute atomic E-state index is 0.00844. The molecule has 3 aliphatic rings. The number of aliphatic hydroxyl groups excluding tert-OH is 4. The predicted molar refractivity (Wildman–Crippen MR) is 453 cm³/mol. The molecule has 2 unspecified atom stereocenters. The van der Waals surface area contributed by atoms with Crippen molar-refractivity contribution < 1.29 is 146 Å². The van der Waals surface area contributed by atoms with E-state index in [1.807, 2.05) is 0 Å². The molecule has 52 heteroatoms. The van der Waals surface area contributed by atoms with Crippen molar-refractivity contribution in [2.45, 2.75) is 190 Å². The molecule has 4 aromatic rings. The summed E-state index contributed by atoms with van der Waals surface area (Å²) in [6, 6.07) is -7.90. The number of aromatic hydroxyl groups is 2. The predicted octanol–water partition coefficient (Wildman–Crippen LogP) is -8.24. The lowest BCUT2D eigenvalue weighted by molar-refractivity contribution is -0.674. The molecule has 2 aromatic heterocycles. The molecule has 25 N–H and O–H groups in total. The third kappa shape index (κ3) is 30.0. The number of hydroxylamine groups is 4. The number of hydrogen-bond donors (Lipinski definition) is 24. The van der Waals surface area contributed by atoms with Crippen LogP contribution >= 0.6 is 0 Å². The van der Waals surface area contributed by atoms with Gasteiger partial charge in [-0.1, -0.05) is 0 Å². The molecule has 0 radical (unpaired) electrons. The number of rotatable bonds is 43. The first-order valence-corrected chi connectivity index (χ1v) is 42.3. The summed E-state index contributed by atoms with van der Waals surface area (Å²) in [5.74, 6) is -17.4. The molecule has 15 amide bonds. The van der Waals surface area contributed by atoms with E-state index in [9.17, 15) is 132 Å². The Morgan fingerprint density at radius 3 is 1.94 bits per heavy atom. The maximum absolute atomic E-state index is 15.4. The average Bonchev–Trinajstić information content (AvgIpc) is 0.748. The number of benzene rings is 2. The topological polar surface area (TPSA) is 751 Å². The number of nitrogens with zero attached hydrogens (tertiary/aromatic N) is 6. The Bertz CT molecular complexity index is 4960. The molecule has 5 heterocycles. The molecule has 2 fully saturated rings. The summed E-state index contributed by atoms with van der Waals surface area (Å²) in [5.41, 5.74) is 2.16. The number of fused-ring (bicyclic) bond motifs is 4. The number of ether oxygens (including phenoxy) is 2. The third-order valence-corrected chi connectivity index (χ3v) is 21.6. The van der Waals surface area contributed by atoms with Crippen molar-refractivity contribution in [3.8, 4) is 11.5 Å². The van der Waals surface area contributed by atoms with Crippen molar-refractivity contribution in [1.29, 1.82) is 5.41 Å². The molecule has 0 aliphatic carbocycles. The Morgan fingerprint density at radius 1 is 0.705 bits per heavy atom. The summed E-state index contributed by atoms with van der Waals surface area (Å²) in [6.45, 7) is 1.14. The van der Waals surface area contributed by atoms with Crippen molar-refractivity contribution in [1.82, 2.24) is 83.4 Å². The first kappa shape index (κ1) is 105. The zero-order valence-corrected chi connectivity index (χ0v) is 72.7. The number of halogens is 1. The second kappa shape index (κ2) is 50.3. The van der Waals surface area contributed by atoms with E-state index in [4.69, 9.17) is 20.6 Å². The molecule has 0 bridgehead atoms. The number of esters is 1. The van der Waals surface area contributed by atoms with E-state index >= 15 is 4.39 Å². The number of nitrogens with one attached hydrogen (secondary N) is 15. The molecule has 2 saturated heterocycles. The molecule has 51 nitrogen and oxygen atoms in total. The highest BCUT2D eigenvalue weighted by Gasteiger charge is 2.43. The molecule has 3 aliphatic heterocycles. The van der Waals surface area contributed by atoms with Crippen LogP contribution in [0.4, 0.5) is 26.4 Å². The van der Waals surface area contributed by atoms with Gasteiger partial charge in [-0.3, -0.25) is 97.9 Å². The third-order valence-electron chi connectivity index (χ3n) is 21.6. The lowest BCUT2D eigenvalue weighted by Gasteiger charge is -2.35. The lowest BCUT2D eigenvalue weighted by Crippen LogP contribution is -2.65. The Balaban J connectivity index is 0.951. The van der Waals surface area contributed by atoms with Crippen molar-refractivity contribution in [3.05, 3.63) is 58.1 Å². The van der Waals surface area contributed by atoms with E-state index in [0.717, 1.165) is 38.2 Å². The standard InChI is InChI=1S/C80H113FN22O29/c1-5-98-36-46(76(125)126)66(116)45-33-47(81)57(34-56(45)98)99-27-29-100(30-28-99)79(128)132-41-131-63(115)17-16-61(113)85-24-23-84-60(112)14-15-62(114)89-51-31-44-32-58(110)59(111)35-55(44)103-54(18-22-86-67(51)103)73(122)93-52(37-104)71(120)91-48(12-8-21-88-78(82)83)68(117)92-53(38-105)72(121)97-80(4,19-10-26-102(130)40-107)77(127)94-50-11-6-7-20-87-74(123)64(42(2)108)96-75(124)65(43(3)109)95-70(119)49(90-69(50)118)13-9-25-101(129)39-106/h31-36,39-40,42-43,48-50,52-54,64-65,104-105,108-109,129-130H,5-30,37-38,41H2,1-4H3,(H19,82,83,84,85,86,87,88,89,90,91,92,93,94,95,96,97,110,111,112,113,114,117,118,119,120,121,122,123,124,125,126,127)/t42?,43?,48-,49-,50-,52+,53+,54-,64-,65-,80-/m0/s1. The van der Waals surface area contributed by atoms with Gasteiger partial charge < -0.3 is 139 Å². The largest absolute Gasteiger partial charge is 0.545 e. The van der Waals surface area contributed by atoms with Crippen LogP contribution in [-0.4, -0.2) is 320 Å². The number of carbonyl (C=O) groups is 17. The van der Waals surface area contributed by atoms with Crippen molar-refractivity contribution in [2.75, 3.05) is 108 Å². The number of guanidine groups is 1. The quantitative estimate of drug-likeness (QED) is 0.00187. The van der Waals surface area contributed by atoms with Gasteiger partial charge in [-0.15, -0.1) is 0 Å². The number of pyridine rings is 2. The van der Waals surface area contributed by atoms with E-state index in [-0.39, 0.29) is 192 Å². The van der Waals surface area contributed by atoms with Crippen molar-refractivity contribution in [2.24, 2.45) is 5.73 Å². The highest BCUT2D eigenvalue weighted by atomic mass is 19.1. The molecule has 724 valence electrons. The number of nitrogens with two attached hydrogens (primary N) is 1. The fourth-order valence-electron chi connectivity index (χ4n) is 14.4. The SMILES string of the molecule is CCn1cc(C(=O)[O-])c(=O)c2cc(F)c(N3CCN(C(=O)OCOC(=O)CCC(=O)NCCNC(=O)CCC(=O)Nc4cc5cc(O)c(O)cc5[n+]5c4NCC[C@H]5C(=O)N[C@H](CO)C(=O)N[C@@H](CCCNC(=N)N)C(=O)N[C@H](CO)C(=O)N[C@@](C)(CCCN(O)C=O)C(=O)N[C@H]4CCCCNC(=O)[C@H](C(C)O)NC(=O)[C@H](C(C)O)NC(=O)[C@H](CCCN(O)C=O)NC4=O)CC3)cc21. The van der Waals surface area contributed by atoms with Crippen LogP contribution in [0.5, 0.6) is 11.5 Å². The summed E-state index contributed by atoms with van der Waals surface area (Å²) in [4.78, 5) is 243. The van der Waals surface area contributed by atoms with Gasteiger partial charge in [0.2, 0.25) is 84.6 Å². The van der Waals surface area contributed by atoms with Gasteiger partial charge in [0.15, 0.2) is 28.9 Å². The zero-order valence-electron chi connectivity index (χ0n) is 72.7. The molecule has 0 saturated carbocycles. The molecular weight excluding hydrogens is 1750 g/mol. The minimum Gasteiger partial charge on any atom is -0.545 e. The van der Waals surface area contributed by atoms with Gasteiger partial charge in [-0.2, -0.15) is 0 Å². The number of carboxylic acids is 1. The van der Waals surface area contributed by atoms with Gasteiger partial charge in [0.25, 0.3) is 11.7 Å². The van der Waals surface area contributed by atoms with Gasteiger partial charge in [0.1, 0.15) is 64.9 Å². The van der Waals surface area contributed by atoms with Crippen LogP contribution in [0.15, 0.2) is 41.3 Å². The molecule has 7 rings (SSSR count). The fraction of sp³-hybridized carbons (Fsp3) is 0.550. The van der Waals surface area contributed by atoms with Crippen LogP contribution in [0.1, 0.15) is 134 Å². The Kier molecular flexibility index (Phi) is 40.0. The number of aromatic nitrogens is 2. The van der Waals surface area contributed by atoms with Crippen LogP contribution in [0.3, 0.4) is 0 Å². The maximum atomic E-state index is 15.4. The molecule has 132 heavy (non-hydrogen) atoms. The van der Waals surface area contributed by atoms with Gasteiger partial charge in [-0.25, -0.2) is 23.9 Å². The number of phenolic OH excluding ortho intramolecular Hbond substituents is 2.